The molecule has 10 aromatic rings. The van der Waals surface area contributed by atoms with Crippen LogP contribution in [0.1, 0.15) is 45.6 Å². The van der Waals surface area contributed by atoms with Crippen LogP contribution in [0.4, 0.5) is 22.7 Å². The average Bonchev–Trinajstić information content (AvgIpc) is 4.20. The number of hydrogen-bond acceptors (Lipinski definition) is 5. The normalized spacial score (nSPS) is 15.7. The Morgan fingerprint density at radius 1 is 0.672 bits per heavy atom. The minimum atomic E-state index is -2.91. The molecule has 3 aliphatic heterocycles. The van der Waals surface area contributed by atoms with Crippen LogP contribution in [0.2, 0.25) is 0 Å². The SMILES string of the molecule is [2H]c1c(C([2H])([2H])[2H])c([2H])c2c3ccc4[c-]c3n(c2c1[2H])-c1cc(C([2H])([2H])[2H])c(cn1)-c1ccccc1Oc1ccccc1-c1cc(C([2H])([2H])C(C)C)cc(-c2ccccc2)c1N1[CH-]N(c2[c-]c(ccc2)O4)c2ccccc21.[Pt]. The van der Waals surface area contributed by atoms with Crippen molar-refractivity contribution in [2.45, 2.75) is 33.9 Å². The predicted molar refractivity (Wildman–Crippen MR) is 269 cm³/mol. The smallest absolute Gasteiger partial charge is 0.135 e. The van der Waals surface area contributed by atoms with Gasteiger partial charge in [-0.05, 0) is 96.6 Å². The molecule has 0 spiro atoms. The van der Waals surface area contributed by atoms with E-state index in [-0.39, 0.29) is 71.7 Å². The Labute approximate surface area is 421 Å². The second-order valence-corrected chi connectivity index (χ2v) is 16.5. The molecule has 330 valence electrons. The minimum Gasteiger partial charge on any atom is -0.509 e. The van der Waals surface area contributed by atoms with E-state index in [1.165, 1.54) is 16.8 Å². The maximum absolute atomic E-state index is 9.54. The predicted octanol–water partition coefficient (Wildman–Crippen LogP) is 15.9. The van der Waals surface area contributed by atoms with Gasteiger partial charge < -0.3 is 23.8 Å². The second-order valence-electron chi connectivity index (χ2n) is 16.5. The number of rotatable bonds is 3. The number of pyridine rings is 1. The molecule has 0 saturated heterocycles. The number of nitrogens with zero attached hydrogens (tertiary/aromatic N) is 4. The Morgan fingerprint density at radius 2 is 1.39 bits per heavy atom. The van der Waals surface area contributed by atoms with Crippen LogP contribution in [-0.2, 0) is 27.4 Å². The molecule has 0 aliphatic carbocycles. The largest absolute Gasteiger partial charge is 0.509 e. The van der Waals surface area contributed by atoms with Crippen molar-refractivity contribution in [1.82, 2.24) is 9.55 Å². The van der Waals surface area contributed by atoms with Gasteiger partial charge in [0.1, 0.15) is 17.3 Å². The number of ether oxygens (including phenoxy) is 2. The Morgan fingerprint density at radius 3 is 2.16 bits per heavy atom. The van der Waals surface area contributed by atoms with Crippen LogP contribution in [0.5, 0.6) is 23.0 Å². The number of para-hydroxylation sites is 4. The second kappa shape index (κ2) is 17.1. The van der Waals surface area contributed by atoms with Gasteiger partial charge in [-0.15, -0.1) is 48.1 Å². The van der Waals surface area contributed by atoms with Gasteiger partial charge in [0.2, 0.25) is 0 Å². The van der Waals surface area contributed by atoms with Gasteiger partial charge in [-0.2, -0.15) is 12.1 Å². The quantitative estimate of drug-likeness (QED) is 0.165. The molecule has 5 heterocycles. The minimum absolute atomic E-state index is 0. The third-order valence-corrected chi connectivity index (χ3v) is 11.9. The van der Waals surface area contributed by atoms with E-state index in [0.29, 0.717) is 39.1 Å². The van der Waals surface area contributed by atoms with E-state index < -0.39 is 49.7 Å². The standard InChI is InChI=1S/C60H45N4O2.Pt/c1-38(2)29-41-32-49(42-15-6-5-7-16-42)60-51(33-41)47-19-8-12-23-57(47)66-58-24-13-9-20-48(58)52-36-61-59(31-40(52)4)64-53-28-25-39(3)30-50(53)46-27-26-45(35-56(46)64)65-44-18-14-17-43(34-44)62-37-63(60)55-22-11-10-21-54(55)62;/h5-28,30-33,36-38H,29H2,1-4H3;/q-3;/i3D3,4D3,25D,28D,29D2,30D;. The Bertz CT molecular complexity index is 4030. The summed E-state index contributed by atoms with van der Waals surface area (Å²) in [6.07, 6.45) is -0.375. The maximum Gasteiger partial charge on any atom is 0.135 e. The number of hydrogen-bond donors (Lipinski definition) is 0. The van der Waals surface area contributed by atoms with E-state index in [2.05, 4.69) is 17.0 Å². The molecule has 0 amide bonds. The van der Waals surface area contributed by atoms with Gasteiger partial charge in [-0.3, -0.25) is 0 Å². The third-order valence-electron chi connectivity index (χ3n) is 11.9. The van der Waals surface area contributed by atoms with E-state index >= 15 is 0 Å². The van der Waals surface area contributed by atoms with Crippen molar-refractivity contribution in [3.63, 3.8) is 0 Å². The average molecular weight is 1060 g/mol. The maximum atomic E-state index is 9.54. The van der Waals surface area contributed by atoms with E-state index in [1.807, 2.05) is 129 Å². The summed E-state index contributed by atoms with van der Waals surface area (Å²) in [6, 6.07) is 51.3. The van der Waals surface area contributed by atoms with Gasteiger partial charge in [-0.1, -0.05) is 116 Å². The van der Waals surface area contributed by atoms with Gasteiger partial charge in [0.15, 0.2) is 0 Å². The van der Waals surface area contributed by atoms with Crippen molar-refractivity contribution in [1.29, 1.82) is 0 Å². The molecule has 7 heteroatoms. The number of benzene rings is 8. The zero-order chi connectivity index (χ0) is 53.9. The van der Waals surface area contributed by atoms with Crippen molar-refractivity contribution >= 4 is 44.6 Å². The molecule has 0 radical (unpaired) electrons. The molecule has 2 aromatic heterocycles. The molecule has 0 N–H and O–H groups in total. The van der Waals surface area contributed by atoms with Crippen molar-refractivity contribution in [2.24, 2.45) is 5.92 Å². The fourth-order valence-corrected chi connectivity index (χ4v) is 9.05. The summed E-state index contributed by atoms with van der Waals surface area (Å²) in [6.45, 7) is 0.00554. The first kappa shape index (κ1) is 31.5. The van der Waals surface area contributed by atoms with Gasteiger partial charge in [0, 0.05) is 100 Å². The first-order valence-electron chi connectivity index (χ1n) is 27.1. The molecular formula is C60H45N4O2Pt-3. The van der Waals surface area contributed by atoms with E-state index in [0.717, 1.165) is 28.2 Å². The molecule has 67 heavy (non-hydrogen) atoms. The molecule has 6 nitrogen and oxygen atoms in total. The molecule has 8 aromatic carbocycles. The zero-order valence-corrected chi connectivity index (χ0v) is 38.4. The van der Waals surface area contributed by atoms with Crippen LogP contribution < -0.4 is 19.3 Å². The molecule has 0 saturated carbocycles. The van der Waals surface area contributed by atoms with Crippen LogP contribution in [0, 0.1) is 38.4 Å². The van der Waals surface area contributed by atoms with Gasteiger partial charge in [0.05, 0.1) is 4.11 Å². The van der Waals surface area contributed by atoms with Crippen LogP contribution in [-0.4, -0.2) is 9.55 Å². The molecular weight excluding hydrogens is 1000 g/mol. The Kier molecular flexibility index (Phi) is 8.04. The van der Waals surface area contributed by atoms with E-state index in [4.69, 9.17) is 24.1 Å². The summed E-state index contributed by atoms with van der Waals surface area (Å²) in [7, 11) is 0. The van der Waals surface area contributed by atoms with Gasteiger partial charge in [-0.25, -0.2) is 4.98 Å². The third kappa shape index (κ3) is 7.46. The number of anilines is 4. The number of fused-ring (bicyclic) bond motifs is 5. The van der Waals surface area contributed by atoms with Gasteiger partial charge in [0.25, 0.3) is 0 Å². The van der Waals surface area contributed by atoms with Crippen molar-refractivity contribution in [2.75, 3.05) is 9.80 Å². The molecule has 8 bridgehead atoms. The summed E-state index contributed by atoms with van der Waals surface area (Å²) < 4.78 is 114. The van der Waals surface area contributed by atoms with Crippen LogP contribution >= 0.6 is 0 Å². The number of aromatic nitrogens is 2. The van der Waals surface area contributed by atoms with Crippen molar-refractivity contribution < 1.29 is 45.6 Å². The van der Waals surface area contributed by atoms with Crippen molar-refractivity contribution in [3.8, 4) is 62.2 Å². The zero-order valence-electron chi connectivity index (χ0n) is 47.1. The molecule has 13 rings (SSSR count). The van der Waals surface area contributed by atoms with E-state index in [1.54, 1.807) is 42.5 Å². The monoisotopic (exact) mass is 1060 g/mol. The first-order valence-corrected chi connectivity index (χ1v) is 21.6. The summed E-state index contributed by atoms with van der Waals surface area (Å²) in [5, 5.41) is 0.345. The summed E-state index contributed by atoms with van der Waals surface area (Å²) in [5.41, 5.74) is 6.27. The van der Waals surface area contributed by atoms with Crippen molar-refractivity contribution in [3.05, 3.63) is 211 Å². The molecule has 3 aliphatic rings. The summed E-state index contributed by atoms with van der Waals surface area (Å²) >= 11 is 0. The fourth-order valence-electron chi connectivity index (χ4n) is 9.05. The van der Waals surface area contributed by atoms with Crippen LogP contribution in [0.3, 0.4) is 0 Å². The van der Waals surface area contributed by atoms with E-state index in [9.17, 15) is 5.48 Å². The molecule has 0 fully saturated rings. The topological polar surface area (TPSA) is 42.8 Å². The van der Waals surface area contributed by atoms with Gasteiger partial charge >= 0.3 is 0 Å². The molecule has 0 atom stereocenters. The summed E-state index contributed by atoms with van der Waals surface area (Å²) in [4.78, 5) is 8.96. The van der Waals surface area contributed by atoms with Crippen LogP contribution in [0.15, 0.2) is 176 Å². The first-order chi connectivity index (χ1) is 36.8. The fraction of sp³-hybridized carbons (Fsp3) is 0.100. The summed E-state index contributed by atoms with van der Waals surface area (Å²) in [5.74, 6) is 0.719. The Balaban J connectivity index is 0.00000645. The van der Waals surface area contributed by atoms with Crippen LogP contribution in [0.25, 0.3) is 61.0 Å². The molecule has 0 unspecified atom stereocenters. The number of aryl methyl sites for hydroxylation is 1. The Hall–Kier alpha value is -7.40.